The molecule has 1 heterocycles. The molecule has 5 heteroatoms. The molecule has 5 nitrogen and oxygen atoms in total. The average molecular weight is 223 g/mol. The van der Waals surface area contributed by atoms with E-state index in [0.717, 1.165) is 6.42 Å². The zero-order valence-corrected chi connectivity index (χ0v) is 9.74. The third kappa shape index (κ3) is 2.85. The highest BCUT2D eigenvalue weighted by molar-refractivity contribution is 5.86. The summed E-state index contributed by atoms with van der Waals surface area (Å²) in [6.07, 6.45) is 0.880. The quantitative estimate of drug-likeness (QED) is 0.726. The van der Waals surface area contributed by atoms with E-state index in [1.54, 1.807) is 6.07 Å². The van der Waals surface area contributed by atoms with Crippen LogP contribution in [0.4, 0.5) is 11.5 Å². The first-order chi connectivity index (χ1) is 7.35. The molecule has 0 amide bonds. The first-order valence-electron chi connectivity index (χ1n) is 5.13. The molecule has 0 fully saturated rings. The van der Waals surface area contributed by atoms with E-state index in [4.69, 9.17) is 10.8 Å². The van der Waals surface area contributed by atoms with Gasteiger partial charge in [-0.1, -0.05) is 6.92 Å². The molecule has 1 rings (SSSR count). The summed E-state index contributed by atoms with van der Waals surface area (Å²) < 4.78 is 0. The fraction of sp³-hybridized carbons (Fsp3) is 0.455. The first-order valence-corrected chi connectivity index (χ1v) is 5.13. The van der Waals surface area contributed by atoms with Crippen molar-refractivity contribution in [1.29, 1.82) is 0 Å². The number of nitrogens with two attached hydrogens (primary N) is 1. The highest BCUT2D eigenvalue weighted by Gasteiger charge is 2.17. The molecular formula is C11H17N3O2. The number of nitrogens with zero attached hydrogens (tertiary/aromatic N) is 1. The van der Waals surface area contributed by atoms with Crippen LogP contribution in [0.25, 0.3) is 0 Å². The number of nitrogen functional groups attached to an aromatic ring is 1. The molecule has 0 aromatic carbocycles. The number of hydrogen-bond donors (Lipinski definition) is 3. The van der Waals surface area contributed by atoms with Crippen molar-refractivity contribution in [2.45, 2.75) is 32.7 Å². The number of carboxylic acid groups (broad SMARTS) is 1. The number of aromatic nitrogens is 1. The van der Waals surface area contributed by atoms with Crippen LogP contribution >= 0.6 is 0 Å². The van der Waals surface area contributed by atoms with Gasteiger partial charge in [-0.2, -0.15) is 0 Å². The Balaban J connectivity index is 3.03. The summed E-state index contributed by atoms with van der Waals surface area (Å²) in [4.78, 5) is 14.7. The van der Waals surface area contributed by atoms with E-state index in [1.807, 2.05) is 20.8 Å². The number of aromatic carboxylic acids is 1. The van der Waals surface area contributed by atoms with E-state index in [0.29, 0.717) is 11.5 Å². The van der Waals surface area contributed by atoms with Gasteiger partial charge >= 0.3 is 5.97 Å². The van der Waals surface area contributed by atoms with Crippen LogP contribution in [0.1, 0.15) is 37.7 Å². The Hall–Kier alpha value is -1.78. The third-order valence-electron chi connectivity index (χ3n) is 2.49. The summed E-state index contributed by atoms with van der Waals surface area (Å²) in [5.74, 6) is -0.635. The van der Waals surface area contributed by atoms with Gasteiger partial charge in [-0.05, 0) is 32.4 Å². The standard InChI is InChI=1S/C11H17N3O2/c1-4-11(2,3)14-9-7(12)5-6-8(13-9)10(15)16/h5-6H,4,12H2,1-3H3,(H,13,14)(H,15,16). The normalized spacial score (nSPS) is 11.2. The van der Waals surface area contributed by atoms with Crippen LogP contribution in [0.2, 0.25) is 0 Å². The van der Waals surface area contributed by atoms with Gasteiger partial charge < -0.3 is 16.2 Å². The van der Waals surface area contributed by atoms with Crippen LogP contribution in [0.15, 0.2) is 12.1 Å². The van der Waals surface area contributed by atoms with Gasteiger partial charge in [0.2, 0.25) is 0 Å². The molecule has 0 atom stereocenters. The Morgan fingerprint density at radius 1 is 1.56 bits per heavy atom. The van der Waals surface area contributed by atoms with E-state index < -0.39 is 5.97 Å². The predicted octanol–water partition coefficient (Wildman–Crippen LogP) is 1.96. The van der Waals surface area contributed by atoms with E-state index in [2.05, 4.69) is 10.3 Å². The minimum Gasteiger partial charge on any atom is -0.477 e. The highest BCUT2D eigenvalue weighted by Crippen LogP contribution is 2.22. The fourth-order valence-electron chi connectivity index (χ4n) is 1.10. The van der Waals surface area contributed by atoms with Crippen LogP contribution < -0.4 is 11.1 Å². The van der Waals surface area contributed by atoms with Gasteiger partial charge in [0.05, 0.1) is 5.69 Å². The topological polar surface area (TPSA) is 88.2 Å². The Labute approximate surface area is 94.7 Å². The van der Waals surface area contributed by atoms with Gasteiger partial charge in [0, 0.05) is 5.54 Å². The molecule has 1 aromatic heterocycles. The Morgan fingerprint density at radius 3 is 2.69 bits per heavy atom. The van der Waals surface area contributed by atoms with Gasteiger partial charge in [-0.3, -0.25) is 0 Å². The maximum Gasteiger partial charge on any atom is 0.354 e. The monoisotopic (exact) mass is 223 g/mol. The molecule has 0 unspecified atom stereocenters. The Bertz CT molecular complexity index is 402. The van der Waals surface area contributed by atoms with Gasteiger partial charge in [0.15, 0.2) is 11.5 Å². The van der Waals surface area contributed by atoms with Crippen molar-refractivity contribution in [3.05, 3.63) is 17.8 Å². The maximum absolute atomic E-state index is 10.8. The van der Waals surface area contributed by atoms with Crippen molar-refractivity contribution in [1.82, 2.24) is 4.98 Å². The number of hydrogen-bond acceptors (Lipinski definition) is 4. The second-order valence-corrected chi connectivity index (χ2v) is 4.30. The molecule has 1 aromatic rings. The number of anilines is 2. The summed E-state index contributed by atoms with van der Waals surface area (Å²) in [7, 11) is 0. The molecule has 4 N–H and O–H groups in total. The molecule has 0 bridgehead atoms. The zero-order valence-electron chi connectivity index (χ0n) is 9.74. The Morgan fingerprint density at radius 2 is 2.19 bits per heavy atom. The lowest BCUT2D eigenvalue weighted by Crippen LogP contribution is -2.30. The zero-order chi connectivity index (χ0) is 12.3. The summed E-state index contributed by atoms with van der Waals surface area (Å²) in [5.41, 5.74) is 6.01. The smallest absolute Gasteiger partial charge is 0.354 e. The molecule has 0 aliphatic rings. The molecule has 0 aliphatic carbocycles. The largest absolute Gasteiger partial charge is 0.477 e. The molecule has 0 saturated carbocycles. The molecule has 88 valence electrons. The summed E-state index contributed by atoms with van der Waals surface area (Å²) in [6, 6.07) is 2.94. The lowest BCUT2D eigenvalue weighted by molar-refractivity contribution is 0.0690. The lowest BCUT2D eigenvalue weighted by Gasteiger charge is -2.26. The van der Waals surface area contributed by atoms with E-state index in [9.17, 15) is 4.79 Å². The van der Waals surface area contributed by atoms with Gasteiger partial charge in [-0.15, -0.1) is 0 Å². The number of rotatable bonds is 4. The highest BCUT2D eigenvalue weighted by atomic mass is 16.4. The van der Waals surface area contributed by atoms with Crippen molar-refractivity contribution in [2.75, 3.05) is 11.1 Å². The minimum atomic E-state index is -1.06. The summed E-state index contributed by atoms with van der Waals surface area (Å²) >= 11 is 0. The summed E-state index contributed by atoms with van der Waals surface area (Å²) in [5, 5.41) is 12.0. The van der Waals surface area contributed by atoms with Crippen LogP contribution in [0, 0.1) is 0 Å². The minimum absolute atomic E-state index is 0.0106. The maximum atomic E-state index is 10.8. The van der Waals surface area contributed by atoms with Crippen LogP contribution in [0.5, 0.6) is 0 Å². The lowest BCUT2D eigenvalue weighted by atomic mass is 10.0. The predicted molar refractivity (Wildman–Crippen MR) is 63.6 cm³/mol. The van der Waals surface area contributed by atoms with Crippen LogP contribution in [-0.2, 0) is 0 Å². The SMILES string of the molecule is CCC(C)(C)Nc1nc(C(=O)O)ccc1N. The van der Waals surface area contributed by atoms with E-state index in [1.165, 1.54) is 6.07 Å². The first kappa shape index (κ1) is 12.3. The number of nitrogens with one attached hydrogen (secondary N) is 1. The molecule has 16 heavy (non-hydrogen) atoms. The van der Waals surface area contributed by atoms with Crippen LogP contribution in [0.3, 0.4) is 0 Å². The molecule has 0 spiro atoms. The second kappa shape index (κ2) is 4.38. The van der Waals surface area contributed by atoms with Crippen LogP contribution in [-0.4, -0.2) is 21.6 Å². The number of carbonyl (C=O) groups is 1. The summed E-state index contributed by atoms with van der Waals surface area (Å²) in [6.45, 7) is 6.04. The van der Waals surface area contributed by atoms with Crippen molar-refractivity contribution in [3.63, 3.8) is 0 Å². The van der Waals surface area contributed by atoms with Gasteiger partial charge in [0.1, 0.15) is 0 Å². The molecule has 0 aliphatic heterocycles. The van der Waals surface area contributed by atoms with E-state index in [-0.39, 0.29) is 11.2 Å². The average Bonchev–Trinajstić information content (AvgIpc) is 2.21. The van der Waals surface area contributed by atoms with Gasteiger partial charge in [-0.25, -0.2) is 9.78 Å². The van der Waals surface area contributed by atoms with Crippen molar-refractivity contribution >= 4 is 17.5 Å². The number of carboxylic acids is 1. The fourth-order valence-corrected chi connectivity index (χ4v) is 1.10. The third-order valence-corrected chi connectivity index (χ3v) is 2.49. The Kier molecular flexibility index (Phi) is 3.37. The van der Waals surface area contributed by atoms with Crippen molar-refractivity contribution < 1.29 is 9.90 Å². The van der Waals surface area contributed by atoms with Gasteiger partial charge in [0.25, 0.3) is 0 Å². The second-order valence-electron chi connectivity index (χ2n) is 4.30. The molecule has 0 radical (unpaired) electrons. The molecule has 0 saturated heterocycles. The number of pyridine rings is 1. The molecular weight excluding hydrogens is 206 g/mol. The van der Waals surface area contributed by atoms with Crippen molar-refractivity contribution in [2.24, 2.45) is 0 Å². The van der Waals surface area contributed by atoms with Crippen molar-refractivity contribution in [3.8, 4) is 0 Å². The van der Waals surface area contributed by atoms with E-state index >= 15 is 0 Å².